The summed E-state index contributed by atoms with van der Waals surface area (Å²) in [6.07, 6.45) is 3.88. The number of sulfonamides is 1. The first-order chi connectivity index (χ1) is 12.6. The van der Waals surface area contributed by atoms with Gasteiger partial charge in [0.05, 0.1) is 7.11 Å². The van der Waals surface area contributed by atoms with Crippen LogP contribution >= 0.6 is 0 Å². The average Bonchev–Trinajstić information content (AvgIpc) is 3.20. The predicted octanol–water partition coefficient (Wildman–Crippen LogP) is 1.48. The van der Waals surface area contributed by atoms with Crippen LogP contribution in [0.2, 0.25) is 0 Å². The number of benzene rings is 1. The third-order valence-electron chi connectivity index (χ3n) is 4.16. The quantitative estimate of drug-likeness (QED) is 0.673. The summed E-state index contributed by atoms with van der Waals surface area (Å²) >= 11 is 0. The van der Waals surface area contributed by atoms with Gasteiger partial charge in [0.15, 0.2) is 0 Å². The largest absolute Gasteiger partial charge is 0.495 e. The van der Waals surface area contributed by atoms with E-state index in [0.29, 0.717) is 18.1 Å². The van der Waals surface area contributed by atoms with Crippen molar-refractivity contribution in [2.45, 2.75) is 17.7 Å². The highest BCUT2D eigenvalue weighted by Crippen LogP contribution is 2.22. The number of rotatable bonds is 8. The Morgan fingerprint density at radius 1 is 1.15 bits per heavy atom. The molecule has 2 aromatic rings. The highest BCUT2D eigenvalue weighted by Gasteiger charge is 2.18. The zero-order valence-corrected chi connectivity index (χ0v) is 15.5. The van der Waals surface area contributed by atoms with Crippen LogP contribution in [0, 0.1) is 0 Å². The van der Waals surface area contributed by atoms with E-state index in [0.717, 1.165) is 18.9 Å². The van der Waals surface area contributed by atoms with Gasteiger partial charge in [-0.2, -0.15) is 0 Å². The summed E-state index contributed by atoms with van der Waals surface area (Å²) < 4.78 is 32.5. The van der Waals surface area contributed by atoms with Gasteiger partial charge in [-0.1, -0.05) is 12.1 Å². The normalized spacial score (nSPS) is 14.4. The van der Waals surface area contributed by atoms with Gasteiger partial charge in [0.2, 0.25) is 10.0 Å². The van der Waals surface area contributed by atoms with Crippen LogP contribution in [0.15, 0.2) is 41.6 Å². The van der Waals surface area contributed by atoms with E-state index in [1.54, 1.807) is 18.2 Å². The minimum atomic E-state index is -3.63. The van der Waals surface area contributed by atoms with Gasteiger partial charge in [0, 0.05) is 32.2 Å². The van der Waals surface area contributed by atoms with Crippen molar-refractivity contribution in [1.82, 2.24) is 14.7 Å². The Hall–Kier alpha value is -2.39. The van der Waals surface area contributed by atoms with E-state index in [-0.39, 0.29) is 11.4 Å². The highest BCUT2D eigenvalue weighted by atomic mass is 32.2. The molecule has 1 aliphatic rings. The molecule has 1 saturated heterocycles. The Balaban J connectivity index is 1.54. The number of hydrogen-bond donors (Lipinski definition) is 2. The fourth-order valence-corrected chi connectivity index (χ4v) is 4.06. The number of methoxy groups -OCH3 is 1. The van der Waals surface area contributed by atoms with E-state index in [4.69, 9.17) is 4.74 Å². The van der Waals surface area contributed by atoms with Crippen molar-refractivity contribution in [2.24, 2.45) is 0 Å². The monoisotopic (exact) mass is 377 g/mol. The summed E-state index contributed by atoms with van der Waals surface area (Å²) in [5.74, 6) is 1.90. The summed E-state index contributed by atoms with van der Waals surface area (Å²) in [4.78, 5) is 10.8. The van der Waals surface area contributed by atoms with Crippen molar-refractivity contribution >= 4 is 21.7 Å². The second-order valence-corrected chi connectivity index (χ2v) is 7.67. The van der Waals surface area contributed by atoms with Gasteiger partial charge in [0.25, 0.3) is 0 Å². The summed E-state index contributed by atoms with van der Waals surface area (Å²) in [5, 5.41) is 3.13. The lowest BCUT2D eigenvalue weighted by Gasteiger charge is -2.16. The van der Waals surface area contributed by atoms with E-state index in [1.807, 2.05) is 6.07 Å². The minimum Gasteiger partial charge on any atom is -0.495 e. The standard InChI is InChI=1S/C17H23N5O3S/c1-25-14-6-2-3-7-15(14)26(23,24)21-9-8-18-16-12-17(20-13-19-16)22-10-4-5-11-22/h2-3,6-7,12-13,21H,4-5,8-11H2,1H3,(H,18,19,20). The summed E-state index contributed by atoms with van der Waals surface area (Å²) in [7, 11) is -2.19. The van der Waals surface area contributed by atoms with Crippen molar-refractivity contribution in [3.8, 4) is 5.75 Å². The zero-order valence-electron chi connectivity index (χ0n) is 14.7. The van der Waals surface area contributed by atoms with Crippen LogP contribution in [0.1, 0.15) is 12.8 Å². The van der Waals surface area contributed by atoms with Crippen molar-refractivity contribution in [3.63, 3.8) is 0 Å². The van der Waals surface area contributed by atoms with Gasteiger partial charge in [-0.05, 0) is 25.0 Å². The molecule has 140 valence electrons. The van der Waals surface area contributed by atoms with E-state index in [2.05, 4.69) is 24.9 Å². The predicted molar refractivity (Wildman–Crippen MR) is 100 cm³/mol. The topological polar surface area (TPSA) is 96.5 Å². The molecule has 8 nitrogen and oxygen atoms in total. The maximum atomic E-state index is 12.4. The minimum absolute atomic E-state index is 0.126. The van der Waals surface area contributed by atoms with E-state index < -0.39 is 10.0 Å². The SMILES string of the molecule is COc1ccccc1S(=O)(=O)NCCNc1cc(N2CCCC2)ncn1. The lowest BCUT2D eigenvalue weighted by Crippen LogP contribution is -2.29. The van der Waals surface area contributed by atoms with Crippen molar-refractivity contribution in [3.05, 3.63) is 36.7 Å². The molecule has 0 radical (unpaired) electrons. The average molecular weight is 377 g/mol. The summed E-state index contributed by atoms with van der Waals surface area (Å²) in [6.45, 7) is 2.65. The molecule has 1 fully saturated rings. The summed E-state index contributed by atoms with van der Waals surface area (Å²) in [5.41, 5.74) is 0. The molecule has 2 N–H and O–H groups in total. The number of ether oxygens (including phenoxy) is 1. The van der Waals surface area contributed by atoms with Crippen LogP contribution < -0.4 is 19.7 Å². The molecular weight excluding hydrogens is 354 g/mol. The van der Waals surface area contributed by atoms with E-state index >= 15 is 0 Å². The number of nitrogens with one attached hydrogen (secondary N) is 2. The molecule has 0 unspecified atom stereocenters. The van der Waals surface area contributed by atoms with Gasteiger partial charge in [-0.25, -0.2) is 23.1 Å². The van der Waals surface area contributed by atoms with Gasteiger partial charge < -0.3 is 15.0 Å². The Bertz CT molecular complexity index is 838. The second-order valence-electron chi connectivity index (χ2n) is 5.93. The fourth-order valence-electron chi connectivity index (χ4n) is 2.86. The fraction of sp³-hybridized carbons (Fsp3) is 0.412. The molecule has 1 aromatic carbocycles. The number of hydrogen-bond acceptors (Lipinski definition) is 7. The van der Waals surface area contributed by atoms with Crippen LogP contribution in [0.5, 0.6) is 5.75 Å². The maximum Gasteiger partial charge on any atom is 0.244 e. The van der Waals surface area contributed by atoms with Crippen molar-refractivity contribution in [2.75, 3.05) is 43.5 Å². The molecule has 0 atom stereocenters. The first kappa shape index (κ1) is 18.4. The lowest BCUT2D eigenvalue weighted by molar-refractivity contribution is 0.402. The molecule has 26 heavy (non-hydrogen) atoms. The first-order valence-electron chi connectivity index (χ1n) is 8.54. The van der Waals surface area contributed by atoms with Crippen LogP contribution in [-0.2, 0) is 10.0 Å². The Kier molecular flexibility index (Phi) is 5.89. The molecule has 1 aromatic heterocycles. The second kappa shape index (κ2) is 8.33. The number of para-hydroxylation sites is 1. The van der Waals surface area contributed by atoms with E-state index in [1.165, 1.54) is 32.3 Å². The first-order valence-corrected chi connectivity index (χ1v) is 10.0. The Labute approximate surface area is 153 Å². The van der Waals surface area contributed by atoms with Crippen LogP contribution in [0.25, 0.3) is 0 Å². The molecule has 9 heteroatoms. The molecule has 0 bridgehead atoms. The third-order valence-corrected chi connectivity index (χ3v) is 5.66. The van der Waals surface area contributed by atoms with Crippen molar-refractivity contribution in [1.29, 1.82) is 0 Å². The molecule has 3 rings (SSSR count). The van der Waals surface area contributed by atoms with Crippen LogP contribution in [0.4, 0.5) is 11.6 Å². The van der Waals surface area contributed by atoms with Gasteiger partial charge in [0.1, 0.15) is 28.6 Å². The van der Waals surface area contributed by atoms with Crippen LogP contribution in [0.3, 0.4) is 0 Å². The molecule has 0 spiro atoms. The molecule has 0 amide bonds. The Morgan fingerprint density at radius 3 is 2.69 bits per heavy atom. The Morgan fingerprint density at radius 2 is 1.92 bits per heavy atom. The zero-order chi connectivity index (χ0) is 18.4. The smallest absolute Gasteiger partial charge is 0.244 e. The maximum absolute atomic E-state index is 12.4. The third kappa shape index (κ3) is 4.41. The molecule has 0 saturated carbocycles. The van der Waals surface area contributed by atoms with Crippen LogP contribution in [-0.4, -0.2) is 51.7 Å². The highest BCUT2D eigenvalue weighted by molar-refractivity contribution is 7.89. The summed E-state index contributed by atoms with van der Waals surface area (Å²) in [6, 6.07) is 8.41. The van der Waals surface area contributed by atoms with Gasteiger partial charge in [-0.15, -0.1) is 0 Å². The van der Waals surface area contributed by atoms with Gasteiger partial charge >= 0.3 is 0 Å². The van der Waals surface area contributed by atoms with Crippen molar-refractivity contribution < 1.29 is 13.2 Å². The number of nitrogens with zero attached hydrogens (tertiary/aromatic N) is 3. The van der Waals surface area contributed by atoms with E-state index in [9.17, 15) is 8.42 Å². The lowest BCUT2D eigenvalue weighted by atomic mass is 10.3. The molecular formula is C17H23N5O3S. The molecule has 2 heterocycles. The number of anilines is 2. The van der Waals surface area contributed by atoms with Gasteiger partial charge in [-0.3, -0.25) is 0 Å². The number of aromatic nitrogens is 2. The molecule has 0 aliphatic carbocycles. The molecule has 1 aliphatic heterocycles.